The lowest BCUT2D eigenvalue weighted by atomic mass is 9.83. The number of carbonyl (C=O) groups is 1. The van der Waals surface area contributed by atoms with E-state index in [2.05, 4.69) is 20.8 Å². The van der Waals surface area contributed by atoms with Gasteiger partial charge in [-0.1, -0.05) is 32.9 Å². The Balaban J connectivity index is 2.39. The van der Waals surface area contributed by atoms with Gasteiger partial charge in [-0.25, -0.2) is 0 Å². The molecule has 1 aromatic carbocycles. The fourth-order valence-corrected chi connectivity index (χ4v) is 4.09. The van der Waals surface area contributed by atoms with Crippen LogP contribution in [0.3, 0.4) is 0 Å². The highest BCUT2D eigenvalue weighted by atomic mass is 19.4. The Morgan fingerprint density at radius 1 is 1.12 bits per heavy atom. The number of hydrogen-bond donors (Lipinski definition) is 1. The van der Waals surface area contributed by atoms with Crippen molar-refractivity contribution >= 4 is 17.2 Å². The van der Waals surface area contributed by atoms with Crippen LogP contribution in [-0.4, -0.2) is 31.2 Å². The standard InChI is InChI=1S/C26H39F3N2O2/c1-24(2,3)17-19(8-7-13-30)21-10-9-20(26(27,28)29)16-22(21)31-14-11-18(12-15-31)23(32)33-25(4,5)6/h8-10,16,18H,7,11-15,17,30H2,1-6H3/b19-8+. The van der Waals surface area contributed by atoms with Gasteiger partial charge in [-0.15, -0.1) is 0 Å². The van der Waals surface area contributed by atoms with Crippen LogP contribution < -0.4 is 10.6 Å². The van der Waals surface area contributed by atoms with Crippen molar-refractivity contribution in [2.75, 3.05) is 24.5 Å². The summed E-state index contributed by atoms with van der Waals surface area (Å²) in [5.74, 6) is -0.473. The van der Waals surface area contributed by atoms with Crippen molar-refractivity contribution in [3.8, 4) is 0 Å². The smallest absolute Gasteiger partial charge is 0.416 e. The van der Waals surface area contributed by atoms with Gasteiger partial charge < -0.3 is 15.4 Å². The number of halogens is 3. The molecule has 33 heavy (non-hydrogen) atoms. The van der Waals surface area contributed by atoms with Gasteiger partial charge in [-0.2, -0.15) is 13.2 Å². The molecule has 2 N–H and O–H groups in total. The number of hydrogen-bond acceptors (Lipinski definition) is 4. The van der Waals surface area contributed by atoms with Gasteiger partial charge in [-0.05, 0) is 76.1 Å². The van der Waals surface area contributed by atoms with Crippen LogP contribution in [0.25, 0.3) is 5.57 Å². The number of benzene rings is 1. The zero-order valence-electron chi connectivity index (χ0n) is 20.8. The first-order valence-electron chi connectivity index (χ1n) is 11.7. The van der Waals surface area contributed by atoms with Crippen molar-refractivity contribution in [1.29, 1.82) is 0 Å². The number of nitrogens with zero attached hydrogens (tertiary/aromatic N) is 1. The fourth-order valence-electron chi connectivity index (χ4n) is 4.09. The number of allylic oxidation sites excluding steroid dienone is 1. The molecule has 1 heterocycles. The molecule has 0 atom stereocenters. The monoisotopic (exact) mass is 468 g/mol. The van der Waals surface area contributed by atoms with Crippen molar-refractivity contribution in [3.63, 3.8) is 0 Å². The number of rotatable bonds is 6. The summed E-state index contributed by atoms with van der Waals surface area (Å²) < 4.78 is 46.2. The van der Waals surface area contributed by atoms with Gasteiger partial charge in [-0.3, -0.25) is 4.79 Å². The van der Waals surface area contributed by atoms with Crippen molar-refractivity contribution in [2.24, 2.45) is 17.1 Å². The third kappa shape index (κ3) is 8.36. The lowest BCUT2D eigenvalue weighted by molar-refractivity contribution is -0.160. The van der Waals surface area contributed by atoms with E-state index >= 15 is 0 Å². The number of piperidine rings is 1. The average molecular weight is 469 g/mol. The predicted octanol–water partition coefficient (Wildman–Crippen LogP) is 6.43. The molecule has 1 saturated heterocycles. The molecule has 0 unspecified atom stereocenters. The molecule has 0 radical (unpaired) electrons. The highest BCUT2D eigenvalue weighted by Crippen LogP contribution is 2.40. The van der Waals surface area contributed by atoms with Crippen LogP contribution >= 0.6 is 0 Å². The van der Waals surface area contributed by atoms with Crippen LogP contribution in [0.4, 0.5) is 18.9 Å². The van der Waals surface area contributed by atoms with E-state index in [0.29, 0.717) is 44.6 Å². The highest BCUT2D eigenvalue weighted by molar-refractivity contribution is 5.79. The molecule has 0 amide bonds. The second kappa shape index (κ2) is 10.5. The van der Waals surface area contributed by atoms with E-state index in [9.17, 15) is 18.0 Å². The summed E-state index contributed by atoms with van der Waals surface area (Å²) in [4.78, 5) is 14.5. The van der Waals surface area contributed by atoms with E-state index in [4.69, 9.17) is 10.5 Å². The minimum Gasteiger partial charge on any atom is -0.460 e. The first-order chi connectivity index (χ1) is 15.1. The highest BCUT2D eigenvalue weighted by Gasteiger charge is 2.34. The molecule has 0 bridgehead atoms. The third-order valence-corrected chi connectivity index (χ3v) is 5.52. The van der Waals surface area contributed by atoms with Crippen LogP contribution in [-0.2, 0) is 15.7 Å². The van der Waals surface area contributed by atoms with Crippen LogP contribution in [0.15, 0.2) is 24.3 Å². The Labute approximate surface area is 196 Å². The lowest BCUT2D eigenvalue weighted by Crippen LogP contribution is -2.39. The molecule has 0 aliphatic carbocycles. The lowest BCUT2D eigenvalue weighted by Gasteiger charge is -2.36. The molecule has 7 heteroatoms. The summed E-state index contributed by atoms with van der Waals surface area (Å²) in [5, 5.41) is 0. The Hall–Kier alpha value is -2.02. The van der Waals surface area contributed by atoms with E-state index < -0.39 is 17.3 Å². The topological polar surface area (TPSA) is 55.6 Å². The number of esters is 1. The maximum atomic E-state index is 13.6. The Morgan fingerprint density at radius 3 is 2.21 bits per heavy atom. The van der Waals surface area contributed by atoms with Crippen LogP contribution in [0.5, 0.6) is 0 Å². The summed E-state index contributed by atoms with van der Waals surface area (Å²) in [5.41, 5.74) is 6.85. The second-order valence-electron chi connectivity index (χ2n) is 11.1. The van der Waals surface area contributed by atoms with Gasteiger partial charge in [0.2, 0.25) is 0 Å². The van der Waals surface area contributed by atoms with Crippen molar-refractivity contribution < 1.29 is 22.7 Å². The molecule has 1 aliphatic rings. The molecule has 1 fully saturated rings. The number of ether oxygens (including phenoxy) is 1. The summed E-state index contributed by atoms with van der Waals surface area (Å²) in [6, 6.07) is 4.00. The van der Waals surface area contributed by atoms with Gasteiger partial charge in [0.05, 0.1) is 11.5 Å². The molecule has 0 aromatic heterocycles. The largest absolute Gasteiger partial charge is 0.460 e. The van der Waals surface area contributed by atoms with Crippen molar-refractivity contribution in [2.45, 2.75) is 79.0 Å². The molecule has 2 rings (SSSR count). The van der Waals surface area contributed by atoms with Gasteiger partial charge in [0, 0.05) is 24.3 Å². The molecule has 0 spiro atoms. The second-order valence-corrected chi connectivity index (χ2v) is 11.1. The molecule has 1 aromatic rings. The summed E-state index contributed by atoms with van der Waals surface area (Å²) in [7, 11) is 0. The number of alkyl halides is 3. The molecular weight excluding hydrogens is 429 g/mol. The molecule has 0 saturated carbocycles. The van der Waals surface area contributed by atoms with Crippen LogP contribution in [0.1, 0.15) is 78.4 Å². The Morgan fingerprint density at radius 2 is 1.73 bits per heavy atom. The zero-order chi connectivity index (χ0) is 25.0. The normalized spacial score (nSPS) is 16.8. The van der Waals surface area contributed by atoms with Crippen molar-refractivity contribution in [3.05, 3.63) is 35.4 Å². The van der Waals surface area contributed by atoms with Gasteiger partial charge in [0.1, 0.15) is 5.60 Å². The summed E-state index contributed by atoms with van der Waals surface area (Å²) >= 11 is 0. The van der Waals surface area contributed by atoms with Gasteiger partial charge in [0.25, 0.3) is 0 Å². The fraction of sp³-hybridized carbons (Fsp3) is 0.654. The quantitative estimate of drug-likeness (QED) is 0.489. The summed E-state index contributed by atoms with van der Waals surface area (Å²) in [6.07, 6.45) is 0.0990. The van der Waals surface area contributed by atoms with E-state index in [1.54, 1.807) is 6.07 Å². The number of carbonyl (C=O) groups excluding carboxylic acids is 1. The van der Waals surface area contributed by atoms with Crippen LogP contribution in [0.2, 0.25) is 0 Å². The third-order valence-electron chi connectivity index (χ3n) is 5.52. The van der Waals surface area contributed by atoms with E-state index in [-0.39, 0.29) is 17.3 Å². The first kappa shape index (κ1) is 27.2. The molecular formula is C26H39F3N2O2. The zero-order valence-corrected chi connectivity index (χ0v) is 20.8. The Kier molecular flexibility index (Phi) is 8.66. The van der Waals surface area contributed by atoms with Gasteiger partial charge >= 0.3 is 12.1 Å². The Bertz CT molecular complexity index is 841. The minimum atomic E-state index is -4.42. The van der Waals surface area contributed by atoms with Gasteiger partial charge in [0.15, 0.2) is 0 Å². The molecule has 1 aliphatic heterocycles. The maximum Gasteiger partial charge on any atom is 0.416 e. The number of nitrogens with two attached hydrogens (primary N) is 1. The van der Waals surface area contributed by atoms with E-state index in [0.717, 1.165) is 23.6 Å². The average Bonchev–Trinajstić information content (AvgIpc) is 2.68. The molecule has 186 valence electrons. The SMILES string of the molecule is CC(C)(C)C/C(=C\CCN)c1ccc(C(F)(F)F)cc1N1CCC(C(=O)OC(C)(C)C)CC1. The molecule has 4 nitrogen and oxygen atoms in total. The number of anilines is 1. The first-order valence-corrected chi connectivity index (χ1v) is 11.7. The maximum absolute atomic E-state index is 13.6. The minimum absolute atomic E-state index is 0.0376. The van der Waals surface area contributed by atoms with Crippen LogP contribution in [0, 0.1) is 11.3 Å². The summed E-state index contributed by atoms with van der Waals surface area (Å²) in [6.45, 7) is 13.3. The predicted molar refractivity (Wildman–Crippen MR) is 128 cm³/mol. The van der Waals surface area contributed by atoms with Crippen molar-refractivity contribution in [1.82, 2.24) is 0 Å². The van der Waals surface area contributed by atoms with E-state index in [1.165, 1.54) is 6.07 Å². The van der Waals surface area contributed by atoms with E-state index in [1.807, 2.05) is 31.7 Å².